The molecule has 0 bridgehead atoms. The molecule has 0 aliphatic heterocycles. The molecular formula is C42H23F2N3S2. The molecule has 7 aromatic carbocycles. The molecule has 0 spiro atoms. The van der Waals surface area contributed by atoms with Gasteiger partial charge in [-0.2, -0.15) is 0 Å². The Hall–Kier alpha value is -5.76. The van der Waals surface area contributed by atoms with Gasteiger partial charge in [0.15, 0.2) is 0 Å². The first kappa shape index (κ1) is 28.3. The summed E-state index contributed by atoms with van der Waals surface area (Å²) in [4.78, 5) is 9.56. The molecule has 0 saturated heterocycles. The van der Waals surface area contributed by atoms with Gasteiger partial charge in [0.25, 0.3) is 0 Å². The minimum atomic E-state index is -0.292. The van der Waals surface area contributed by atoms with Crippen LogP contribution in [0.25, 0.3) is 91.0 Å². The van der Waals surface area contributed by atoms with Gasteiger partial charge in [-0.3, -0.25) is 0 Å². The molecule has 3 aromatic heterocycles. The summed E-state index contributed by atoms with van der Waals surface area (Å²) in [6.45, 7) is 0. The lowest BCUT2D eigenvalue weighted by Crippen LogP contribution is -1.94. The topological polar surface area (TPSA) is 30.7 Å². The average Bonchev–Trinajstić information content (AvgIpc) is 3.84. The third kappa shape index (κ3) is 4.73. The van der Waals surface area contributed by atoms with E-state index in [-0.39, 0.29) is 11.6 Å². The van der Waals surface area contributed by atoms with Crippen LogP contribution in [0.3, 0.4) is 0 Å². The van der Waals surface area contributed by atoms with Crippen LogP contribution in [0.4, 0.5) is 8.78 Å². The summed E-state index contributed by atoms with van der Waals surface area (Å²) < 4.78 is 32.2. The molecule has 0 fully saturated rings. The van der Waals surface area contributed by atoms with Gasteiger partial charge in [-0.1, -0.05) is 48.5 Å². The summed E-state index contributed by atoms with van der Waals surface area (Å²) in [7, 11) is 0. The molecule has 0 unspecified atom stereocenters. The van der Waals surface area contributed by atoms with Gasteiger partial charge in [0.05, 0.1) is 31.5 Å². The lowest BCUT2D eigenvalue weighted by atomic mass is 10.0. The highest BCUT2D eigenvalue weighted by molar-refractivity contribution is 7.22. The smallest absolute Gasteiger partial charge is 0.125 e. The summed E-state index contributed by atoms with van der Waals surface area (Å²) in [6.07, 6.45) is 0. The van der Waals surface area contributed by atoms with Crippen molar-refractivity contribution in [3.63, 3.8) is 0 Å². The fourth-order valence-corrected chi connectivity index (χ4v) is 8.67. The number of halogens is 2. The predicted octanol–water partition coefficient (Wildman–Crippen LogP) is 12.4. The molecule has 10 aromatic rings. The van der Waals surface area contributed by atoms with Crippen LogP contribution in [0.2, 0.25) is 0 Å². The van der Waals surface area contributed by atoms with Gasteiger partial charge in [0.2, 0.25) is 0 Å². The Morgan fingerprint density at radius 3 is 1.57 bits per heavy atom. The van der Waals surface area contributed by atoms with Crippen molar-refractivity contribution in [2.45, 2.75) is 0 Å². The van der Waals surface area contributed by atoms with Crippen LogP contribution in [0.1, 0.15) is 0 Å². The highest BCUT2D eigenvalue weighted by atomic mass is 32.1. The SMILES string of the molecule is Fc1ccc2sc(-c3ccc4c(c3)c3cc(-c5nc6cc(F)ccc6s5)ccc3n4-c3ccc(-c4ccc5ccccc5c4)cc3)nc2c1. The second-order valence-electron chi connectivity index (χ2n) is 12.2. The first-order valence-corrected chi connectivity index (χ1v) is 17.5. The summed E-state index contributed by atoms with van der Waals surface area (Å²) in [6, 6.07) is 46.1. The van der Waals surface area contributed by atoms with Crippen LogP contribution in [0.5, 0.6) is 0 Å². The van der Waals surface area contributed by atoms with Gasteiger partial charge in [0, 0.05) is 39.7 Å². The maximum atomic E-state index is 14.0. The predicted molar refractivity (Wildman–Crippen MR) is 201 cm³/mol. The highest BCUT2D eigenvalue weighted by Crippen LogP contribution is 2.40. The van der Waals surface area contributed by atoms with Gasteiger partial charge in [-0.15, -0.1) is 22.7 Å². The number of nitrogens with zero attached hydrogens (tertiary/aromatic N) is 3. The van der Waals surface area contributed by atoms with Gasteiger partial charge in [-0.25, -0.2) is 18.7 Å². The molecule has 0 saturated carbocycles. The van der Waals surface area contributed by atoms with E-state index in [0.717, 1.165) is 63.6 Å². The third-order valence-electron chi connectivity index (χ3n) is 9.17. The van der Waals surface area contributed by atoms with Gasteiger partial charge >= 0.3 is 0 Å². The zero-order valence-electron chi connectivity index (χ0n) is 25.7. The molecule has 3 nitrogen and oxygen atoms in total. The van der Waals surface area contributed by atoms with Crippen LogP contribution in [0.15, 0.2) is 140 Å². The normalized spacial score (nSPS) is 11.9. The van der Waals surface area contributed by atoms with Crippen molar-refractivity contribution in [1.82, 2.24) is 14.5 Å². The lowest BCUT2D eigenvalue weighted by molar-refractivity contribution is 0.629. The zero-order valence-corrected chi connectivity index (χ0v) is 27.3. The van der Waals surface area contributed by atoms with E-state index in [2.05, 4.69) is 108 Å². The van der Waals surface area contributed by atoms with Crippen LogP contribution >= 0.6 is 22.7 Å². The van der Waals surface area contributed by atoms with E-state index in [0.29, 0.717) is 11.0 Å². The van der Waals surface area contributed by atoms with E-state index in [1.54, 1.807) is 34.8 Å². The Bertz CT molecular complexity index is 2780. The maximum Gasteiger partial charge on any atom is 0.125 e. The Labute approximate surface area is 287 Å². The molecule has 232 valence electrons. The number of fused-ring (bicyclic) bond motifs is 6. The van der Waals surface area contributed by atoms with Crippen LogP contribution in [-0.2, 0) is 0 Å². The number of thiazole rings is 2. The van der Waals surface area contributed by atoms with Crippen molar-refractivity contribution in [2.75, 3.05) is 0 Å². The molecule has 0 aliphatic rings. The van der Waals surface area contributed by atoms with E-state index in [9.17, 15) is 8.78 Å². The summed E-state index contributed by atoms with van der Waals surface area (Å²) in [5.74, 6) is -0.584. The second kappa shape index (κ2) is 10.9. The number of benzene rings is 7. The molecule has 10 rings (SSSR count). The van der Waals surface area contributed by atoms with E-state index in [1.165, 1.54) is 40.6 Å². The number of aromatic nitrogens is 3. The Kier molecular flexibility index (Phi) is 6.28. The van der Waals surface area contributed by atoms with Crippen molar-refractivity contribution in [1.29, 1.82) is 0 Å². The van der Waals surface area contributed by atoms with Crippen molar-refractivity contribution in [3.05, 3.63) is 151 Å². The van der Waals surface area contributed by atoms with Crippen molar-refractivity contribution >= 4 is 75.7 Å². The highest BCUT2D eigenvalue weighted by Gasteiger charge is 2.17. The second-order valence-corrected chi connectivity index (χ2v) is 14.2. The van der Waals surface area contributed by atoms with Crippen LogP contribution in [0, 0.1) is 11.6 Å². The van der Waals surface area contributed by atoms with E-state index in [1.807, 2.05) is 0 Å². The Balaban J connectivity index is 1.14. The van der Waals surface area contributed by atoms with Gasteiger partial charge in [-0.05, 0) is 101 Å². The van der Waals surface area contributed by atoms with Gasteiger partial charge in [0.1, 0.15) is 21.6 Å². The van der Waals surface area contributed by atoms with E-state index in [4.69, 9.17) is 9.97 Å². The third-order valence-corrected chi connectivity index (χ3v) is 11.3. The maximum absolute atomic E-state index is 14.0. The molecule has 0 aliphatic carbocycles. The Morgan fingerprint density at radius 1 is 0.449 bits per heavy atom. The van der Waals surface area contributed by atoms with Crippen LogP contribution < -0.4 is 0 Å². The minimum absolute atomic E-state index is 0.292. The molecule has 0 amide bonds. The molecule has 0 N–H and O–H groups in total. The first-order valence-electron chi connectivity index (χ1n) is 15.8. The molecule has 0 atom stereocenters. The fourth-order valence-electron chi connectivity index (χ4n) is 6.79. The number of hydrogen-bond acceptors (Lipinski definition) is 4. The monoisotopic (exact) mass is 671 g/mol. The van der Waals surface area contributed by atoms with Crippen molar-refractivity contribution in [2.24, 2.45) is 0 Å². The van der Waals surface area contributed by atoms with Crippen molar-refractivity contribution < 1.29 is 8.78 Å². The summed E-state index contributed by atoms with van der Waals surface area (Å²) in [5, 5.41) is 6.27. The van der Waals surface area contributed by atoms with Crippen LogP contribution in [-0.4, -0.2) is 14.5 Å². The van der Waals surface area contributed by atoms with Gasteiger partial charge < -0.3 is 4.57 Å². The van der Waals surface area contributed by atoms with Crippen molar-refractivity contribution in [3.8, 4) is 38.0 Å². The van der Waals surface area contributed by atoms with E-state index < -0.39 is 0 Å². The molecule has 3 heterocycles. The number of hydrogen-bond donors (Lipinski definition) is 0. The molecular weight excluding hydrogens is 649 g/mol. The summed E-state index contributed by atoms with van der Waals surface area (Å²) in [5.41, 5.74) is 8.76. The largest absolute Gasteiger partial charge is 0.309 e. The average molecular weight is 672 g/mol. The molecule has 0 radical (unpaired) electrons. The minimum Gasteiger partial charge on any atom is -0.309 e. The quantitative estimate of drug-likeness (QED) is 0.186. The zero-order chi connectivity index (χ0) is 32.6. The molecule has 49 heavy (non-hydrogen) atoms. The fraction of sp³-hybridized carbons (Fsp3) is 0. The Morgan fingerprint density at radius 2 is 0.980 bits per heavy atom. The first-order chi connectivity index (χ1) is 24.0. The lowest BCUT2D eigenvalue weighted by Gasteiger charge is -2.10. The molecule has 7 heteroatoms. The van der Waals surface area contributed by atoms with E-state index >= 15 is 0 Å². The summed E-state index contributed by atoms with van der Waals surface area (Å²) >= 11 is 3.11. The number of rotatable bonds is 4. The standard InChI is InChI=1S/C42H23F2N3S2/c43-30-11-17-39-35(22-30)45-41(48-39)28-9-15-37-33(20-28)34-21-29(42-46-36-23-31(44)12-18-40(36)49-42)10-16-38(34)47(37)32-13-7-25(8-14-32)27-6-5-24-3-1-2-4-26(24)19-27/h1-23H.